The molecule has 4 heterocycles. The van der Waals surface area contributed by atoms with Gasteiger partial charge in [0.25, 0.3) is 0 Å². The summed E-state index contributed by atoms with van der Waals surface area (Å²) in [5.41, 5.74) is 2.62. The number of carbonyl (C=O) groups is 3. The Balaban J connectivity index is 1.25. The molecule has 1 saturated heterocycles. The van der Waals surface area contributed by atoms with Gasteiger partial charge in [0.05, 0.1) is 23.1 Å². The Hall–Kier alpha value is -3.14. The molecular weight excluding hydrogens is 570 g/mol. The van der Waals surface area contributed by atoms with Crippen molar-refractivity contribution >= 4 is 29.4 Å². The Morgan fingerprint density at radius 1 is 1.12 bits per heavy atom. The van der Waals surface area contributed by atoms with E-state index in [9.17, 15) is 19.5 Å². The molecule has 3 atom stereocenters. The van der Waals surface area contributed by atoms with Crippen molar-refractivity contribution in [1.29, 1.82) is 0 Å². The largest absolute Gasteiger partial charge is 0.487 e. The molecule has 43 heavy (non-hydrogen) atoms. The summed E-state index contributed by atoms with van der Waals surface area (Å²) in [7, 11) is 0. The van der Waals surface area contributed by atoms with Crippen LogP contribution in [0.1, 0.15) is 93.3 Å². The van der Waals surface area contributed by atoms with Gasteiger partial charge in [-0.1, -0.05) is 29.7 Å². The van der Waals surface area contributed by atoms with E-state index in [0.717, 1.165) is 74.0 Å². The Morgan fingerprint density at radius 3 is 2.72 bits per heavy atom. The molecule has 1 unspecified atom stereocenters. The van der Waals surface area contributed by atoms with Crippen molar-refractivity contribution in [1.82, 2.24) is 24.8 Å². The standard InChI is InChI=1S/C32H40ClN5O5/c1-31(30(41)42)11-4-2-6-21(31)29(40)37-15-10-20-22(33)8-9-26(43-18-23-24-7-3-5-14-38(24)35-34-23)28(20)25(37)17-36-19-32(12-13-32)16-27(36)39/h8-9,21,25H,2-7,10-19H2,1H3,(H,41,42)/t21-,25?,31-/m0/s1. The Bertz CT molecular complexity index is 1470. The summed E-state index contributed by atoms with van der Waals surface area (Å²) in [5.74, 6) is -0.957. The highest BCUT2D eigenvalue weighted by Crippen LogP contribution is 2.54. The number of ether oxygens (including phenoxy) is 1. The second-order valence-electron chi connectivity index (χ2n) is 13.7. The average molecular weight is 610 g/mol. The van der Waals surface area contributed by atoms with Gasteiger partial charge in [0.1, 0.15) is 18.1 Å². The van der Waals surface area contributed by atoms with Gasteiger partial charge >= 0.3 is 5.97 Å². The second-order valence-corrected chi connectivity index (χ2v) is 14.1. The zero-order chi connectivity index (χ0) is 29.9. The molecule has 0 radical (unpaired) electrons. The molecule has 3 aliphatic heterocycles. The lowest BCUT2D eigenvalue weighted by molar-refractivity contribution is -0.162. The summed E-state index contributed by atoms with van der Waals surface area (Å²) in [6.07, 6.45) is 8.93. The predicted molar refractivity (Wildman–Crippen MR) is 157 cm³/mol. The normalized spacial score (nSPS) is 27.6. The van der Waals surface area contributed by atoms with Crippen molar-refractivity contribution < 1.29 is 24.2 Å². The third kappa shape index (κ3) is 4.99. The smallest absolute Gasteiger partial charge is 0.310 e. The van der Waals surface area contributed by atoms with Crippen LogP contribution in [-0.4, -0.2) is 67.3 Å². The summed E-state index contributed by atoms with van der Waals surface area (Å²) in [6.45, 7) is 4.27. The molecule has 2 aliphatic carbocycles. The molecule has 5 aliphatic rings. The van der Waals surface area contributed by atoms with E-state index in [1.54, 1.807) is 6.92 Å². The number of carboxylic acid groups (broad SMARTS) is 1. The molecule has 1 aromatic heterocycles. The number of hydrogen-bond donors (Lipinski definition) is 1. The van der Waals surface area contributed by atoms with Crippen LogP contribution in [0.5, 0.6) is 5.75 Å². The van der Waals surface area contributed by atoms with Gasteiger partial charge in [-0.25, -0.2) is 4.68 Å². The van der Waals surface area contributed by atoms with E-state index in [-0.39, 0.29) is 23.8 Å². The molecule has 10 nitrogen and oxygen atoms in total. The van der Waals surface area contributed by atoms with Crippen LogP contribution in [0.3, 0.4) is 0 Å². The van der Waals surface area contributed by atoms with Gasteiger partial charge in [-0.15, -0.1) is 5.10 Å². The first-order valence-corrected chi connectivity index (χ1v) is 16.2. The first-order valence-electron chi connectivity index (χ1n) is 15.9. The fourth-order valence-corrected chi connectivity index (χ4v) is 8.31. The third-order valence-electron chi connectivity index (χ3n) is 10.9. The second kappa shape index (κ2) is 10.8. The van der Waals surface area contributed by atoms with Gasteiger partial charge < -0.3 is 19.6 Å². The summed E-state index contributed by atoms with van der Waals surface area (Å²) >= 11 is 6.79. The molecule has 1 spiro atoms. The number of amides is 2. The molecule has 0 bridgehead atoms. The van der Waals surface area contributed by atoms with E-state index in [2.05, 4.69) is 10.3 Å². The monoisotopic (exact) mass is 609 g/mol. The van der Waals surface area contributed by atoms with Crippen molar-refractivity contribution in [2.75, 3.05) is 19.6 Å². The number of rotatable bonds is 7. The number of aromatic nitrogens is 3. The SMILES string of the molecule is C[C@]1(C(=O)O)CCCC[C@H]1C(=O)N1CCc2c(Cl)ccc(OCc3nnn4c3CCCC4)c2C1CN1CC2(CC2)CC1=O. The van der Waals surface area contributed by atoms with Crippen LogP contribution < -0.4 is 4.74 Å². The number of aryl methyl sites for hydroxylation is 1. The van der Waals surface area contributed by atoms with Crippen molar-refractivity contribution in [3.63, 3.8) is 0 Å². The lowest BCUT2D eigenvalue weighted by atomic mass is 9.66. The summed E-state index contributed by atoms with van der Waals surface area (Å²) < 4.78 is 8.44. The zero-order valence-corrected chi connectivity index (χ0v) is 25.6. The van der Waals surface area contributed by atoms with Crippen molar-refractivity contribution in [3.8, 4) is 5.75 Å². The van der Waals surface area contributed by atoms with Gasteiger partial charge in [0.15, 0.2) is 0 Å². The van der Waals surface area contributed by atoms with E-state index >= 15 is 0 Å². The molecular formula is C32H40ClN5O5. The van der Waals surface area contributed by atoms with Crippen LogP contribution in [-0.2, 0) is 40.4 Å². The van der Waals surface area contributed by atoms with E-state index in [1.807, 2.05) is 26.6 Å². The lowest BCUT2D eigenvalue weighted by Gasteiger charge is -2.45. The van der Waals surface area contributed by atoms with E-state index in [1.165, 1.54) is 0 Å². The van der Waals surface area contributed by atoms with Crippen LogP contribution >= 0.6 is 11.6 Å². The number of carbonyl (C=O) groups excluding carboxylic acids is 2. The molecule has 11 heteroatoms. The first kappa shape index (κ1) is 28.6. The number of carboxylic acids is 1. The van der Waals surface area contributed by atoms with Crippen LogP contribution in [0, 0.1) is 16.7 Å². The summed E-state index contributed by atoms with van der Waals surface area (Å²) in [5, 5.41) is 19.6. The number of aliphatic carboxylic acids is 1. The van der Waals surface area contributed by atoms with E-state index in [4.69, 9.17) is 16.3 Å². The number of benzene rings is 1. The fraction of sp³-hybridized carbons (Fsp3) is 0.656. The van der Waals surface area contributed by atoms with Crippen molar-refractivity contribution in [2.45, 2.75) is 96.7 Å². The Labute approximate surface area is 256 Å². The lowest BCUT2D eigenvalue weighted by Crippen LogP contribution is -2.52. The van der Waals surface area contributed by atoms with Gasteiger partial charge in [-0.3, -0.25) is 14.4 Å². The van der Waals surface area contributed by atoms with Gasteiger partial charge in [0, 0.05) is 43.2 Å². The molecule has 2 saturated carbocycles. The Kier molecular flexibility index (Phi) is 7.18. The highest BCUT2D eigenvalue weighted by Gasteiger charge is 2.54. The number of hydrogen-bond acceptors (Lipinski definition) is 6. The van der Waals surface area contributed by atoms with Gasteiger partial charge in [0.2, 0.25) is 11.8 Å². The summed E-state index contributed by atoms with van der Waals surface area (Å²) in [4.78, 5) is 43.9. The van der Waals surface area contributed by atoms with Crippen molar-refractivity contribution in [3.05, 3.63) is 39.7 Å². The topological polar surface area (TPSA) is 118 Å². The zero-order valence-electron chi connectivity index (χ0n) is 24.8. The molecule has 230 valence electrons. The van der Waals surface area contributed by atoms with Crippen molar-refractivity contribution in [2.24, 2.45) is 16.7 Å². The van der Waals surface area contributed by atoms with Crippen LogP contribution in [0.15, 0.2) is 12.1 Å². The van der Waals surface area contributed by atoms with Crippen LogP contribution in [0.4, 0.5) is 0 Å². The molecule has 2 aromatic rings. The maximum absolute atomic E-state index is 14.5. The molecule has 2 amide bonds. The first-order chi connectivity index (χ1) is 20.7. The molecule has 3 fully saturated rings. The maximum atomic E-state index is 14.5. The predicted octanol–water partition coefficient (Wildman–Crippen LogP) is 4.57. The van der Waals surface area contributed by atoms with E-state index in [0.29, 0.717) is 56.1 Å². The number of nitrogens with zero attached hydrogens (tertiary/aromatic N) is 5. The Morgan fingerprint density at radius 2 is 1.95 bits per heavy atom. The van der Waals surface area contributed by atoms with Crippen LogP contribution in [0.25, 0.3) is 0 Å². The minimum absolute atomic E-state index is 0.0789. The van der Waals surface area contributed by atoms with Gasteiger partial charge in [-0.2, -0.15) is 0 Å². The summed E-state index contributed by atoms with van der Waals surface area (Å²) in [6, 6.07) is 3.21. The number of halogens is 1. The minimum Gasteiger partial charge on any atom is -0.487 e. The van der Waals surface area contributed by atoms with Gasteiger partial charge in [-0.05, 0) is 81.4 Å². The number of fused-ring (bicyclic) bond motifs is 2. The van der Waals surface area contributed by atoms with E-state index < -0.39 is 23.3 Å². The van der Waals surface area contributed by atoms with Crippen LogP contribution in [0.2, 0.25) is 5.02 Å². The molecule has 1 aromatic carbocycles. The number of likely N-dealkylation sites (tertiary alicyclic amines) is 1. The minimum atomic E-state index is -1.12. The molecule has 1 N–H and O–H groups in total. The quantitative estimate of drug-likeness (QED) is 0.489. The highest BCUT2D eigenvalue weighted by atomic mass is 35.5. The third-order valence-corrected chi connectivity index (χ3v) is 11.3. The fourth-order valence-electron chi connectivity index (χ4n) is 8.05. The average Bonchev–Trinajstić information content (AvgIpc) is 3.50. The highest BCUT2D eigenvalue weighted by molar-refractivity contribution is 6.31. The molecule has 7 rings (SSSR count). The maximum Gasteiger partial charge on any atom is 0.310 e.